The smallest absolute Gasteiger partial charge is 0.327 e. The molecule has 5 heterocycles. The number of amides is 6. The van der Waals surface area contributed by atoms with Crippen LogP contribution in [-0.2, 0) is 25.5 Å². The topological polar surface area (TPSA) is 535 Å². The standard InChI is InChI=1S/C10H16N4O6.C10H17N3O9S.C9H15N5O6/c15-2-5(17)7(18)4(16)1-14-3-11-6-8(14)12-10(20)13-9(6)19;14-2-6(16)7(17)5(15)1-11-8-4(3-23(20,21)22)9(18)13-10(19)12-8;15-2-4(17)6(18)3(16)1-14-7-5(12-13-14)8(19)11-9(20)10-7/h3-8,15-18H,1-2H2,(H2,12,13,19,20);5-7,14-17H,1-3H2,(H,20,21,22)(H3,11,12,13,18,19);3-7,15-18H,1-2H2,(H2,10,11,19,20)/t4?,5?,6?,7-,8?;5?,6?,7-;3?,4?,5?,6-,7?/m000/s1. The van der Waals surface area contributed by atoms with Crippen LogP contribution in [-0.4, -0.2) is 243 Å². The molecule has 6 amide bonds. The van der Waals surface area contributed by atoms with Gasteiger partial charge in [-0.3, -0.25) is 49.5 Å². The fourth-order valence-electron chi connectivity index (χ4n) is 5.67. The van der Waals surface area contributed by atoms with Crippen molar-refractivity contribution in [2.24, 2.45) is 15.3 Å². The van der Waals surface area contributed by atoms with Crippen molar-refractivity contribution in [1.29, 1.82) is 0 Å². The highest BCUT2D eigenvalue weighted by Crippen LogP contribution is 2.20. The van der Waals surface area contributed by atoms with Gasteiger partial charge in [0.25, 0.3) is 27.5 Å². The summed E-state index contributed by atoms with van der Waals surface area (Å²) in [5, 5.41) is 131. The first-order valence-corrected chi connectivity index (χ1v) is 19.7. The molecule has 5 rings (SSSR count). The Kier molecular flexibility index (Phi) is 18.9. The Bertz CT molecular complexity index is 1960. The van der Waals surface area contributed by atoms with E-state index in [1.54, 1.807) is 4.98 Å². The van der Waals surface area contributed by atoms with Crippen molar-refractivity contribution in [2.75, 3.05) is 44.8 Å². The predicted octanol–water partition coefficient (Wildman–Crippen LogP) is -11.8. The van der Waals surface area contributed by atoms with Crippen LogP contribution in [0.25, 0.3) is 0 Å². The Labute approximate surface area is 352 Å². The molecule has 0 radical (unpaired) electrons. The van der Waals surface area contributed by atoms with Gasteiger partial charge >= 0.3 is 17.8 Å². The van der Waals surface area contributed by atoms with Crippen molar-refractivity contribution >= 4 is 46.2 Å². The molecule has 33 nitrogen and oxygen atoms in total. The summed E-state index contributed by atoms with van der Waals surface area (Å²) in [7, 11) is -4.57. The molecule has 0 bridgehead atoms. The van der Waals surface area contributed by atoms with Crippen molar-refractivity contribution in [2.45, 2.75) is 85.1 Å². The molecular weight excluding hydrogens is 884 g/mol. The SMILES string of the molecule is O=C1NC(=O)C2N=CN(CC(O)[C@H](O)C(O)CO)C2N1.O=C1NC(=O)C2N=NN(CC(O)[C@H](O)C(O)CO)C2N1.O=c1[nH]c(NCC(O)[C@H](O)C(O)CO)c(CS(=O)(=O)O)c(=O)[nH]1. The molecule has 0 aliphatic carbocycles. The summed E-state index contributed by atoms with van der Waals surface area (Å²) in [4.78, 5) is 77.3. The van der Waals surface area contributed by atoms with Gasteiger partial charge in [-0.25, -0.2) is 14.4 Å². The maximum absolute atomic E-state index is 11.6. The second-order valence-electron chi connectivity index (χ2n) is 13.8. The number of hydrogen-bond donors (Lipinski definition) is 20. The fourth-order valence-corrected chi connectivity index (χ4v) is 6.31. The van der Waals surface area contributed by atoms with E-state index in [1.807, 2.05) is 5.32 Å². The van der Waals surface area contributed by atoms with Crippen LogP contribution in [0.1, 0.15) is 5.56 Å². The largest absolute Gasteiger partial charge is 0.394 e. The first kappa shape index (κ1) is 52.0. The highest BCUT2D eigenvalue weighted by Gasteiger charge is 2.45. The van der Waals surface area contributed by atoms with Gasteiger partial charge in [0.1, 0.15) is 66.6 Å². The van der Waals surface area contributed by atoms with Gasteiger partial charge in [-0.05, 0) is 0 Å². The third-order valence-electron chi connectivity index (χ3n) is 9.07. The van der Waals surface area contributed by atoms with E-state index in [-0.39, 0.29) is 18.9 Å². The average molecular weight is 933 g/mol. The summed E-state index contributed by atoms with van der Waals surface area (Å²) >= 11 is 0. The molecule has 2 fully saturated rings. The van der Waals surface area contributed by atoms with Crippen LogP contribution in [0.5, 0.6) is 0 Å². The van der Waals surface area contributed by atoms with Gasteiger partial charge in [-0.15, -0.1) is 0 Å². The number of β-amino-alcohol motifs (C(OH)–C–C–N with tert-alkyl or cyclic N) is 2. The molecule has 1 aromatic rings. The zero-order chi connectivity index (χ0) is 47.5. The molecule has 63 heavy (non-hydrogen) atoms. The van der Waals surface area contributed by atoms with Crippen LogP contribution >= 0.6 is 0 Å². The van der Waals surface area contributed by atoms with E-state index in [0.29, 0.717) is 0 Å². The zero-order valence-corrected chi connectivity index (χ0v) is 33.1. The van der Waals surface area contributed by atoms with E-state index >= 15 is 0 Å². The second-order valence-corrected chi connectivity index (χ2v) is 15.2. The van der Waals surface area contributed by atoms with Gasteiger partial charge in [0.15, 0.2) is 18.2 Å². The Hall–Kier alpha value is -5.34. The Morgan fingerprint density at radius 3 is 1.68 bits per heavy atom. The minimum Gasteiger partial charge on any atom is -0.394 e. The molecule has 10 unspecified atom stereocenters. The van der Waals surface area contributed by atoms with Crippen molar-refractivity contribution in [3.05, 3.63) is 26.4 Å². The number of aromatic nitrogens is 2. The summed E-state index contributed by atoms with van der Waals surface area (Å²) in [5.41, 5.74) is -2.56. The van der Waals surface area contributed by atoms with Crippen molar-refractivity contribution in [3.63, 3.8) is 0 Å². The molecule has 2 saturated heterocycles. The fraction of sp³-hybridized carbons (Fsp3) is 0.690. The number of hydrogen-bond acceptors (Lipinski definition) is 26. The normalized spacial score (nSPS) is 24.5. The lowest BCUT2D eigenvalue weighted by atomic mass is 10.1. The monoisotopic (exact) mass is 932 g/mol. The number of aliphatic imine (C=N–C) groups is 1. The Balaban J connectivity index is 0.000000252. The molecule has 20 N–H and O–H groups in total. The van der Waals surface area contributed by atoms with E-state index < -0.39 is 162 Å². The van der Waals surface area contributed by atoms with Crippen LogP contribution < -0.4 is 37.8 Å². The highest BCUT2D eigenvalue weighted by atomic mass is 32.2. The van der Waals surface area contributed by atoms with Gasteiger partial charge in [0.05, 0.1) is 44.4 Å². The molecular formula is C29H48N12O21S. The molecule has 0 spiro atoms. The lowest BCUT2D eigenvalue weighted by Crippen LogP contribution is -2.64. The lowest BCUT2D eigenvalue weighted by molar-refractivity contribution is -0.124. The van der Waals surface area contributed by atoms with E-state index in [4.69, 9.17) is 19.9 Å². The van der Waals surface area contributed by atoms with Crippen molar-refractivity contribution in [3.8, 4) is 0 Å². The van der Waals surface area contributed by atoms with Gasteiger partial charge < -0.3 is 82.1 Å². The molecule has 4 aliphatic heterocycles. The number of imide groups is 2. The molecule has 4 aliphatic rings. The highest BCUT2D eigenvalue weighted by molar-refractivity contribution is 7.85. The van der Waals surface area contributed by atoms with Crippen LogP contribution in [0.2, 0.25) is 0 Å². The van der Waals surface area contributed by atoms with Gasteiger partial charge in [-0.1, -0.05) is 5.22 Å². The second kappa shape index (κ2) is 22.8. The first-order valence-electron chi connectivity index (χ1n) is 18.1. The van der Waals surface area contributed by atoms with Crippen LogP contribution in [0.4, 0.5) is 15.4 Å². The molecule has 13 atom stereocenters. The number of carbonyl (C=O) groups is 4. The Morgan fingerprint density at radius 1 is 0.667 bits per heavy atom. The third-order valence-corrected chi connectivity index (χ3v) is 9.72. The van der Waals surface area contributed by atoms with Crippen LogP contribution in [0, 0.1) is 0 Å². The number of aliphatic hydroxyl groups is 12. The maximum atomic E-state index is 11.6. The van der Waals surface area contributed by atoms with Crippen LogP contribution in [0.3, 0.4) is 0 Å². The number of anilines is 1. The molecule has 1 aromatic heterocycles. The number of fused-ring (bicyclic) bond motifs is 2. The number of nitrogens with zero attached hydrogens (tertiary/aromatic N) is 5. The summed E-state index contributed by atoms with van der Waals surface area (Å²) < 4.78 is 30.6. The minimum absolute atomic E-state index is 0.170. The predicted molar refractivity (Wildman–Crippen MR) is 202 cm³/mol. The summed E-state index contributed by atoms with van der Waals surface area (Å²) in [6, 6.07) is -3.13. The number of rotatable bonds is 18. The van der Waals surface area contributed by atoms with E-state index in [0.717, 1.165) is 5.01 Å². The lowest BCUT2D eigenvalue weighted by Gasteiger charge is -2.33. The summed E-state index contributed by atoms with van der Waals surface area (Å²) in [6.45, 7) is -3.18. The van der Waals surface area contributed by atoms with Gasteiger partial charge in [-0.2, -0.15) is 13.5 Å². The number of nitrogens with one attached hydrogen (secondary N) is 7. The number of urea groups is 2. The van der Waals surface area contributed by atoms with Gasteiger partial charge in [0, 0.05) is 13.1 Å². The average Bonchev–Trinajstić information content (AvgIpc) is 3.82. The maximum Gasteiger partial charge on any atom is 0.327 e. The number of carbonyl (C=O) groups excluding carboxylic acids is 4. The Morgan fingerprint density at radius 2 is 1.16 bits per heavy atom. The number of aromatic amines is 2. The quantitative estimate of drug-likeness (QED) is 0.0608. The van der Waals surface area contributed by atoms with Crippen LogP contribution in [0.15, 0.2) is 24.9 Å². The summed E-state index contributed by atoms with van der Waals surface area (Å²) in [5.74, 6) is -2.65. The van der Waals surface area contributed by atoms with E-state index in [2.05, 4.69) is 41.6 Å². The molecule has 356 valence electrons. The van der Waals surface area contributed by atoms with E-state index in [1.165, 1.54) is 11.2 Å². The number of H-pyrrole nitrogens is 2. The first-order chi connectivity index (χ1) is 29.4. The van der Waals surface area contributed by atoms with Crippen molar-refractivity contribution in [1.82, 2.24) is 41.1 Å². The molecule has 0 saturated carbocycles. The van der Waals surface area contributed by atoms with E-state index in [9.17, 15) is 83.1 Å². The van der Waals surface area contributed by atoms with Gasteiger partial charge in [0.2, 0.25) is 0 Å². The zero-order valence-electron chi connectivity index (χ0n) is 32.3. The van der Waals surface area contributed by atoms with Crippen molar-refractivity contribution < 1.29 is 93.4 Å². The molecule has 0 aromatic carbocycles. The molecule has 34 heteroatoms. The minimum atomic E-state index is -4.57. The summed E-state index contributed by atoms with van der Waals surface area (Å²) in [6.07, 6.45) is -14.3. The number of aliphatic hydroxyl groups excluding tert-OH is 12. The third kappa shape index (κ3) is 14.3.